The van der Waals surface area contributed by atoms with Crippen LogP contribution in [0.15, 0.2) is 54.6 Å². The van der Waals surface area contributed by atoms with Crippen LogP contribution in [0.4, 0.5) is 0 Å². The largest absolute Gasteiger partial charge is 0.345 e. The highest BCUT2D eigenvalue weighted by Crippen LogP contribution is 2.17. The molecule has 1 N–H and O–H groups in total. The summed E-state index contributed by atoms with van der Waals surface area (Å²) in [6, 6.07) is 17.5. The summed E-state index contributed by atoms with van der Waals surface area (Å²) in [5, 5.41) is 3.07. The number of nitrogens with one attached hydrogen (secondary N) is 1. The Bertz CT molecular complexity index is 568. The lowest BCUT2D eigenvalue weighted by atomic mass is 10.0. The number of carbonyl (C=O) groups excluding carboxylic acids is 1. The van der Waals surface area contributed by atoms with Gasteiger partial charge in [0.25, 0.3) is 5.91 Å². The molecule has 0 aliphatic rings. The minimum Gasteiger partial charge on any atom is -0.345 e. The van der Waals surface area contributed by atoms with Crippen molar-refractivity contribution in [2.45, 2.75) is 25.3 Å². The lowest BCUT2D eigenvalue weighted by Crippen LogP contribution is -2.28. The van der Waals surface area contributed by atoms with Crippen LogP contribution in [-0.4, -0.2) is 5.91 Å². The van der Waals surface area contributed by atoms with Crippen LogP contribution in [0.2, 0.25) is 0 Å². The standard InChI is InChI=1S/C17H18ClNO/c1-2-16(14-8-4-3-5-9-14)19-17(20)15-10-6-7-13(11-15)12-18/h3-11,16H,2,12H2,1H3,(H,19,20). The van der Waals surface area contributed by atoms with E-state index in [4.69, 9.17) is 11.6 Å². The lowest BCUT2D eigenvalue weighted by Gasteiger charge is -2.17. The summed E-state index contributed by atoms with van der Waals surface area (Å²) < 4.78 is 0. The molecule has 0 fully saturated rings. The minimum atomic E-state index is -0.0623. The van der Waals surface area contributed by atoms with Crippen molar-refractivity contribution >= 4 is 17.5 Å². The number of amides is 1. The van der Waals surface area contributed by atoms with Crippen LogP contribution >= 0.6 is 11.6 Å². The maximum Gasteiger partial charge on any atom is 0.251 e. The van der Waals surface area contributed by atoms with E-state index in [1.807, 2.05) is 54.6 Å². The van der Waals surface area contributed by atoms with Crippen molar-refractivity contribution in [3.05, 3.63) is 71.3 Å². The monoisotopic (exact) mass is 287 g/mol. The van der Waals surface area contributed by atoms with Gasteiger partial charge in [-0.3, -0.25) is 4.79 Å². The highest BCUT2D eigenvalue weighted by atomic mass is 35.5. The van der Waals surface area contributed by atoms with Gasteiger partial charge in [-0.25, -0.2) is 0 Å². The SMILES string of the molecule is CCC(NC(=O)c1cccc(CCl)c1)c1ccccc1. The van der Waals surface area contributed by atoms with Crippen LogP contribution in [-0.2, 0) is 5.88 Å². The number of benzene rings is 2. The van der Waals surface area contributed by atoms with Gasteiger partial charge in [-0.1, -0.05) is 49.4 Å². The first-order chi connectivity index (χ1) is 9.74. The number of alkyl halides is 1. The summed E-state index contributed by atoms with van der Waals surface area (Å²) in [5.74, 6) is 0.351. The number of carbonyl (C=O) groups is 1. The Morgan fingerprint density at radius 2 is 1.90 bits per heavy atom. The third-order valence-corrected chi connectivity index (χ3v) is 3.57. The molecule has 0 aromatic heterocycles. The lowest BCUT2D eigenvalue weighted by molar-refractivity contribution is 0.0935. The highest BCUT2D eigenvalue weighted by molar-refractivity contribution is 6.17. The van der Waals surface area contributed by atoms with Crippen molar-refractivity contribution in [2.24, 2.45) is 0 Å². The first-order valence-corrected chi connectivity index (χ1v) is 7.28. The molecule has 2 aromatic carbocycles. The molecule has 0 bridgehead atoms. The fraction of sp³-hybridized carbons (Fsp3) is 0.235. The van der Waals surface area contributed by atoms with E-state index in [1.165, 1.54) is 0 Å². The van der Waals surface area contributed by atoms with Crippen molar-refractivity contribution < 1.29 is 4.79 Å². The summed E-state index contributed by atoms with van der Waals surface area (Å²) in [7, 11) is 0. The molecule has 3 heteroatoms. The van der Waals surface area contributed by atoms with Crippen LogP contribution in [0.1, 0.15) is 40.9 Å². The molecule has 0 saturated carbocycles. The molecule has 0 heterocycles. The van der Waals surface area contributed by atoms with Gasteiger partial charge in [0.15, 0.2) is 0 Å². The van der Waals surface area contributed by atoms with Gasteiger partial charge in [0.05, 0.1) is 6.04 Å². The second-order valence-corrected chi connectivity index (χ2v) is 4.95. The summed E-state index contributed by atoms with van der Waals surface area (Å²) in [4.78, 5) is 12.3. The molecular weight excluding hydrogens is 270 g/mol. The maximum absolute atomic E-state index is 12.3. The van der Waals surface area contributed by atoms with Crippen LogP contribution in [0, 0.1) is 0 Å². The Kier molecular flexibility index (Phi) is 5.19. The number of hydrogen-bond donors (Lipinski definition) is 1. The molecule has 0 spiro atoms. The Morgan fingerprint density at radius 3 is 2.55 bits per heavy atom. The predicted molar refractivity (Wildman–Crippen MR) is 82.9 cm³/mol. The molecule has 0 radical (unpaired) electrons. The summed E-state index contributed by atoms with van der Waals surface area (Å²) in [5.41, 5.74) is 2.72. The second kappa shape index (κ2) is 7.11. The van der Waals surface area contributed by atoms with Crippen molar-refractivity contribution in [1.82, 2.24) is 5.32 Å². The van der Waals surface area contributed by atoms with Crippen LogP contribution < -0.4 is 5.32 Å². The average Bonchev–Trinajstić information content (AvgIpc) is 2.53. The predicted octanol–water partition coefficient (Wildman–Crippen LogP) is 4.31. The van der Waals surface area contributed by atoms with Crippen molar-refractivity contribution in [3.8, 4) is 0 Å². The van der Waals surface area contributed by atoms with Gasteiger partial charge in [0.2, 0.25) is 0 Å². The van der Waals surface area contributed by atoms with Gasteiger partial charge in [-0.15, -0.1) is 11.6 Å². The van der Waals surface area contributed by atoms with E-state index in [9.17, 15) is 4.79 Å². The molecule has 0 saturated heterocycles. The summed E-state index contributed by atoms with van der Waals surface area (Å²) in [6.07, 6.45) is 0.852. The molecule has 2 nitrogen and oxygen atoms in total. The van der Waals surface area contributed by atoms with Gasteiger partial charge in [0.1, 0.15) is 0 Å². The van der Waals surface area contributed by atoms with E-state index in [0.29, 0.717) is 11.4 Å². The third-order valence-electron chi connectivity index (χ3n) is 3.26. The molecule has 2 rings (SSSR count). The molecule has 1 unspecified atom stereocenters. The zero-order chi connectivity index (χ0) is 14.4. The smallest absolute Gasteiger partial charge is 0.251 e. The number of rotatable bonds is 5. The van der Waals surface area contributed by atoms with Gasteiger partial charge in [0, 0.05) is 11.4 Å². The Morgan fingerprint density at radius 1 is 1.15 bits per heavy atom. The van der Waals surface area contributed by atoms with Crippen LogP contribution in [0.3, 0.4) is 0 Å². The van der Waals surface area contributed by atoms with Crippen molar-refractivity contribution in [1.29, 1.82) is 0 Å². The Hall–Kier alpha value is -1.80. The van der Waals surface area contributed by atoms with Gasteiger partial charge >= 0.3 is 0 Å². The molecule has 2 aromatic rings. The maximum atomic E-state index is 12.3. The quantitative estimate of drug-likeness (QED) is 0.816. The fourth-order valence-electron chi connectivity index (χ4n) is 2.14. The van der Waals surface area contributed by atoms with Gasteiger partial charge in [-0.05, 0) is 29.7 Å². The Balaban J connectivity index is 2.13. The van der Waals surface area contributed by atoms with E-state index in [2.05, 4.69) is 12.2 Å². The summed E-state index contributed by atoms with van der Waals surface area (Å²) >= 11 is 5.80. The van der Waals surface area contributed by atoms with E-state index in [-0.39, 0.29) is 11.9 Å². The van der Waals surface area contributed by atoms with Crippen LogP contribution in [0.5, 0.6) is 0 Å². The molecule has 1 amide bonds. The van der Waals surface area contributed by atoms with E-state index < -0.39 is 0 Å². The highest BCUT2D eigenvalue weighted by Gasteiger charge is 2.13. The molecular formula is C17H18ClNO. The first kappa shape index (κ1) is 14.6. The number of hydrogen-bond acceptors (Lipinski definition) is 1. The first-order valence-electron chi connectivity index (χ1n) is 6.75. The van der Waals surface area contributed by atoms with Gasteiger partial charge in [-0.2, -0.15) is 0 Å². The van der Waals surface area contributed by atoms with Crippen molar-refractivity contribution in [2.75, 3.05) is 0 Å². The molecule has 20 heavy (non-hydrogen) atoms. The third kappa shape index (κ3) is 3.61. The van der Waals surface area contributed by atoms with E-state index >= 15 is 0 Å². The van der Waals surface area contributed by atoms with Gasteiger partial charge < -0.3 is 5.32 Å². The molecule has 104 valence electrons. The zero-order valence-corrected chi connectivity index (χ0v) is 12.2. The topological polar surface area (TPSA) is 29.1 Å². The average molecular weight is 288 g/mol. The normalized spacial score (nSPS) is 11.9. The van der Waals surface area contributed by atoms with E-state index in [0.717, 1.165) is 17.5 Å². The number of halogens is 1. The van der Waals surface area contributed by atoms with Crippen LogP contribution in [0.25, 0.3) is 0 Å². The van der Waals surface area contributed by atoms with Crippen molar-refractivity contribution in [3.63, 3.8) is 0 Å². The fourth-order valence-corrected chi connectivity index (χ4v) is 2.31. The molecule has 0 aliphatic heterocycles. The molecule has 0 aliphatic carbocycles. The van der Waals surface area contributed by atoms with E-state index in [1.54, 1.807) is 0 Å². The molecule has 1 atom stereocenters. The Labute approximate surface area is 124 Å². The summed E-state index contributed by atoms with van der Waals surface area (Å²) in [6.45, 7) is 2.06. The second-order valence-electron chi connectivity index (χ2n) is 4.68. The zero-order valence-electron chi connectivity index (χ0n) is 11.5. The minimum absolute atomic E-state index is 0.0309.